The van der Waals surface area contributed by atoms with Gasteiger partial charge in [0.2, 0.25) is 6.04 Å². The summed E-state index contributed by atoms with van der Waals surface area (Å²) in [7, 11) is 1.57. The van der Waals surface area contributed by atoms with Crippen LogP contribution in [-0.2, 0) is 0 Å². The molecule has 0 aromatic heterocycles. The van der Waals surface area contributed by atoms with Crippen molar-refractivity contribution in [2.24, 2.45) is 0 Å². The Hall–Kier alpha value is -3.93. The van der Waals surface area contributed by atoms with Crippen molar-refractivity contribution in [3.8, 4) is 5.75 Å². The molecule has 160 valence electrons. The van der Waals surface area contributed by atoms with Crippen molar-refractivity contribution in [1.29, 1.82) is 0 Å². The quantitative estimate of drug-likeness (QED) is 0.339. The number of para-hydroxylation sites is 1. The van der Waals surface area contributed by atoms with E-state index >= 15 is 0 Å². The second-order valence-corrected chi connectivity index (χ2v) is 8.07. The standard InChI is InChI=1S/C26H22N2O4/c1-32-20-14-11-19(12-15-20)26(29)25-23(18-8-3-2-4-9-18)24(28(30)31)22-16-13-17-7-5-6-10-21(17)27(22)25/h2-16,22-25H,1H3/t22-,23-,24+,25+/m1/s1. The summed E-state index contributed by atoms with van der Waals surface area (Å²) in [5.41, 5.74) is 3.09. The van der Waals surface area contributed by atoms with Crippen molar-refractivity contribution in [1.82, 2.24) is 0 Å². The largest absolute Gasteiger partial charge is 0.497 e. The van der Waals surface area contributed by atoms with Gasteiger partial charge in [0.25, 0.3) is 0 Å². The minimum atomic E-state index is -0.950. The van der Waals surface area contributed by atoms with Gasteiger partial charge < -0.3 is 9.64 Å². The van der Waals surface area contributed by atoms with E-state index in [-0.39, 0.29) is 10.7 Å². The summed E-state index contributed by atoms with van der Waals surface area (Å²) in [4.78, 5) is 28.0. The van der Waals surface area contributed by atoms with Crippen LogP contribution in [0.5, 0.6) is 5.75 Å². The molecule has 0 amide bonds. The second kappa shape index (κ2) is 7.96. The molecule has 4 atom stereocenters. The molecule has 6 nitrogen and oxygen atoms in total. The lowest BCUT2D eigenvalue weighted by molar-refractivity contribution is -0.524. The Labute approximate surface area is 185 Å². The average molecular weight is 426 g/mol. The molecule has 1 fully saturated rings. The Morgan fingerprint density at radius 3 is 2.34 bits per heavy atom. The second-order valence-electron chi connectivity index (χ2n) is 8.07. The predicted octanol–water partition coefficient (Wildman–Crippen LogP) is 4.59. The summed E-state index contributed by atoms with van der Waals surface area (Å²) < 4.78 is 5.23. The third kappa shape index (κ3) is 3.15. The fourth-order valence-electron chi connectivity index (χ4n) is 5.03. The number of fused-ring (bicyclic) bond motifs is 3. The van der Waals surface area contributed by atoms with Gasteiger partial charge in [-0.25, -0.2) is 0 Å². The summed E-state index contributed by atoms with van der Waals surface area (Å²) >= 11 is 0. The van der Waals surface area contributed by atoms with Crippen LogP contribution in [-0.4, -0.2) is 35.9 Å². The molecule has 2 aliphatic heterocycles. The number of Topliss-reactive ketones (excluding diaryl/α,β-unsaturated/α-hetero) is 1. The normalized spacial score (nSPS) is 23.3. The van der Waals surface area contributed by atoms with E-state index in [0.717, 1.165) is 16.8 Å². The number of carbonyl (C=O) groups is 1. The smallest absolute Gasteiger partial charge is 0.245 e. The number of carbonyl (C=O) groups excluding carboxylic acids is 1. The number of methoxy groups -OCH3 is 1. The lowest BCUT2D eigenvalue weighted by atomic mass is 9.84. The van der Waals surface area contributed by atoms with Crippen molar-refractivity contribution in [3.05, 3.63) is 112 Å². The molecule has 0 unspecified atom stereocenters. The monoisotopic (exact) mass is 426 g/mol. The van der Waals surface area contributed by atoms with Crippen molar-refractivity contribution in [3.63, 3.8) is 0 Å². The van der Waals surface area contributed by atoms with Gasteiger partial charge in [-0.1, -0.05) is 60.7 Å². The summed E-state index contributed by atoms with van der Waals surface area (Å²) in [6, 6.07) is 21.9. The van der Waals surface area contributed by atoms with E-state index in [2.05, 4.69) is 0 Å². The molecule has 2 heterocycles. The van der Waals surface area contributed by atoms with E-state index in [4.69, 9.17) is 4.74 Å². The molecule has 0 N–H and O–H groups in total. The zero-order chi connectivity index (χ0) is 22.2. The number of ketones is 1. The third-order valence-electron chi connectivity index (χ3n) is 6.44. The van der Waals surface area contributed by atoms with E-state index in [9.17, 15) is 14.9 Å². The predicted molar refractivity (Wildman–Crippen MR) is 123 cm³/mol. The van der Waals surface area contributed by atoms with Crippen LogP contribution < -0.4 is 9.64 Å². The van der Waals surface area contributed by atoms with Crippen molar-refractivity contribution >= 4 is 17.5 Å². The average Bonchev–Trinajstić information content (AvgIpc) is 3.20. The van der Waals surface area contributed by atoms with Crippen LogP contribution in [0.1, 0.15) is 27.4 Å². The summed E-state index contributed by atoms with van der Waals surface area (Å²) in [6.45, 7) is 0. The van der Waals surface area contributed by atoms with Crippen LogP contribution in [0, 0.1) is 10.1 Å². The first kappa shape index (κ1) is 20.0. The maximum absolute atomic E-state index is 13.9. The maximum atomic E-state index is 13.9. The van der Waals surface area contributed by atoms with Gasteiger partial charge in [-0.05, 0) is 41.5 Å². The van der Waals surface area contributed by atoms with Crippen LogP contribution in [0.3, 0.4) is 0 Å². The van der Waals surface area contributed by atoms with E-state index < -0.39 is 24.0 Å². The van der Waals surface area contributed by atoms with Gasteiger partial charge in [-0.3, -0.25) is 14.9 Å². The summed E-state index contributed by atoms with van der Waals surface area (Å²) in [6.07, 6.45) is 3.79. The van der Waals surface area contributed by atoms with Crippen LogP contribution in [0.2, 0.25) is 0 Å². The fraction of sp³-hybridized carbons (Fsp3) is 0.192. The van der Waals surface area contributed by atoms with Gasteiger partial charge in [0.05, 0.1) is 13.0 Å². The Morgan fingerprint density at radius 2 is 1.66 bits per heavy atom. The molecular weight excluding hydrogens is 404 g/mol. The van der Waals surface area contributed by atoms with Crippen LogP contribution in [0.15, 0.2) is 84.9 Å². The highest BCUT2D eigenvalue weighted by atomic mass is 16.6. The Morgan fingerprint density at radius 1 is 0.969 bits per heavy atom. The Kier molecular flexibility index (Phi) is 4.98. The molecule has 2 aliphatic rings. The molecular formula is C26H22N2O4. The van der Waals surface area contributed by atoms with Gasteiger partial charge in [-0.2, -0.15) is 0 Å². The van der Waals surface area contributed by atoms with Crippen molar-refractivity contribution in [2.75, 3.05) is 12.0 Å². The lowest BCUT2D eigenvalue weighted by Crippen LogP contribution is -2.44. The molecule has 0 saturated carbocycles. The highest BCUT2D eigenvalue weighted by molar-refractivity contribution is 6.04. The molecule has 5 rings (SSSR count). The first-order valence-electron chi connectivity index (χ1n) is 10.5. The van der Waals surface area contributed by atoms with Crippen molar-refractivity contribution in [2.45, 2.75) is 24.0 Å². The molecule has 1 saturated heterocycles. The Balaban J connectivity index is 1.69. The number of rotatable bonds is 5. The molecule has 3 aromatic carbocycles. The first-order valence-corrected chi connectivity index (χ1v) is 10.5. The van der Waals surface area contributed by atoms with Gasteiger partial charge in [-0.15, -0.1) is 0 Å². The SMILES string of the molecule is COc1ccc(C(=O)[C@@H]2[C@H](c3ccccc3)[C@@H]([N+](=O)[O-])[C@H]3C=Cc4ccccc4N32)cc1. The zero-order valence-electron chi connectivity index (χ0n) is 17.5. The highest BCUT2D eigenvalue weighted by Crippen LogP contribution is 2.46. The molecule has 6 heteroatoms. The zero-order valence-corrected chi connectivity index (χ0v) is 17.5. The molecule has 0 aliphatic carbocycles. The third-order valence-corrected chi connectivity index (χ3v) is 6.44. The van der Waals surface area contributed by atoms with E-state index in [1.54, 1.807) is 31.4 Å². The number of ether oxygens (including phenoxy) is 1. The summed E-state index contributed by atoms with van der Waals surface area (Å²) in [5, 5.41) is 12.4. The molecule has 0 spiro atoms. The minimum absolute atomic E-state index is 0.138. The summed E-state index contributed by atoms with van der Waals surface area (Å²) in [5.74, 6) is -0.0811. The number of benzene rings is 3. The maximum Gasteiger partial charge on any atom is 0.245 e. The van der Waals surface area contributed by atoms with Gasteiger partial charge in [0, 0.05) is 16.2 Å². The van der Waals surface area contributed by atoms with Gasteiger partial charge in [0.15, 0.2) is 5.78 Å². The van der Waals surface area contributed by atoms with Crippen LogP contribution in [0.4, 0.5) is 5.69 Å². The van der Waals surface area contributed by atoms with Crippen molar-refractivity contribution < 1.29 is 14.5 Å². The van der Waals surface area contributed by atoms with Gasteiger partial charge in [0.1, 0.15) is 17.8 Å². The van der Waals surface area contributed by atoms with E-state index in [1.165, 1.54) is 0 Å². The number of hydrogen-bond donors (Lipinski definition) is 0. The van der Waals surface area contributed by atoms with Crippen LogP contribution >= 0.6 is 0 Å². The lowest BCUT2D eigenvalue weighted by Gasteiger charge is -2.34. The van der Waals surface area contributed by atoms with Gasteiger partial charge >= 0.3 is 0 Å². The number of nitrogens with zero attached hydrogens (tertiary/aromatic N) is 2. The number of anilines is 1. The minimum Gasteiger partial charge on any atom is -0.497 e. The number of nitro groups is 1. The number of hydrogen-bond acceptors (Lipinski definition) is 5. The topological polar surface area (TPSA) is 72.7 Å². The van der Waals surface area contributed by atoms with E-state index in [1.807, 2.05) is 71.6 Å². The highest BCUT2D eigenvalue weighted by Gasteiger charge is 2.58. The Bertz CT molecular complexity index is 1190. The molecule has 0 radical (unpaired) electrons. The molecule has 0 bridgehead atoms. The first-order chi connectivity index (χ1) is 15.6. The molecule has 32 heavy (non-hydrogen) atoms. The fourth-order valence-corrected chi connectivity index (χ4v) is 5.03. The van der Waals surface area contributed by atoms with E-state index in [0.29, 0.717) is 11.3 Å². The van der Waals surface area contributed by atoms with Crippen LogP contribution in [0.25, 0.3) is 6.08 Å². The molecule has 3 aromatic rings.